The van der Waals surface area contributed by atoms with E-state index in [-0.39, 0.29) is 5.91 Å². The molecule has 122 valence electrons. The van der Waals surface area contributed by atoms with Gasteiger partial charge in [0.15, 0.2) is 0 Å². The van der Waals surface area contributed by atoms with Crippen LogP contribution in [0.1, 0.15) is 28.5 Å². The Kier molecular flexibility index (Phi) is 3.69. The van der Waals surface area contributed by atoms with Crippen LogP contribution in [0, 0.1) is 0 Å². The summed E-state index contributed by atoms with van der Waals surface area (Å²) in [5.41, 5.74) is 3.86. The molecular formula is C19H19N3O2. The summed E-state index contributed by atoms with van der Waals surface area (Å²) < 4.78 is 5.46. The Morgan fingerprint density at radius 2 is 2.21 bits per heavy atom. The van der Waals surface area contributed by atoms with Gasteiger partial charge in [-0.3, -0.25) is 4.79 Å². The van der Waals surface area contributed by atoms with Crippen LogP contribution in [0.2, 0.25) is 0 Å². The number of benzene rings is 1. The molecular weight excluding hydrogens is 302 g/mol. The van der Waals surface area contributed by atoms with Gasteiger partial charge in [0.2, 0.25) is 5.88 Å². The predicted octanol–water partition coefficient (Wildman–Crippen LogP) is 3.16. The normalized spacial score (nSPS) is 13.8. The monoisotopic (exact) mass is 321 g/mol. The van der Waals surface area contributed by atoms with Crippen LogP contribution in [0.5, 0.6) is 5.88 Å². The Hall–Kier alpha value is -2.82. The van der Waals surface area contributed by atoms with Gasteiger partial charge < -0.3 is 14.6 Å². The van der Waals surface area contributed by atoms with Crippen molar-refractivity contribution >= 4 is 16.8 Å². The van der Waals surface area contributed by atoms with Crippen LogP contribution < -0.4 is 4.74 Å². The SMILES string of the molecule is CCOc1ccc2c(n1)CCN(C(=O)c1cccc3[nH]ccc13)C2. The number of fused-ring (bicyclic) bond motifs is 2. The summed E-state index contributed by atoms with van der Waals surface area (Å²) in [5, 5.41) is 0.970. The molecule has 0 unspecified atom stereocenters. The largest absolute Gasteiger partial charge is 0.478 e. The van der Waals surface area contributed by atoms with Crippen molar-refractivity contribution in [3.05, 3.63) is 59.4 Å². The molecule has 0 spiro atoms. The van der Waals surface area contributed by atoms with E-state index in [4.69, 9.17) is 4.74 Å². The van der Waals surface area contributed by atoms with Crippen molar-refractivity contribution in [3.63, 3.8) is 0 Å². The molecule has 4 rings (SSSR count). The third-order valence-electron chi connectivity index (χ3n) is 4.43. The van der Waals surface area contributed by atoms with Crippen LogP contribution in [0.25, 0.3) is 10.9 Å². The van der Waals surface area contributed by atoms with E-state index < -0.39 is 0 Å². The van der Waals surface area contributed by atoms with Crippen molar-refractivity contribution in [1.82, 2.24) is 14.9 Å². The van der Waals surface area contributed by atoms with E-state index in [1.165, 1.54) is 0 Å². The summed E-state index contributed by atoms with van der Waals surface area (Å²) in [7, 11) is 0. The molecule has 1 aromatic carbocycles. The van der Waals surface area contributed by atoms with Crippen LogP contribution in [0.3, 0.4) is 0 Å². The highest BCUT2D eigenvalue weighted by Crippen LogP contribution is 2.24. The summed E-state index contributed by atoms with van der Waals surface area (Å²) in [6.07, 6.45) is 2.62. The number of carbonyl (C=O) groups is 1. The maximum Gasteiger partial charge on any atom is 0.254 e. The Morgan fingerprint density at radius 3 is 3.08 bits per heavy atom. The molecule has 1 aliphatic heterocycles. The number of nitrogens with zero attached hydrogens (tertiary/aromatic N) is 2. The average molecular weight is 321 g/mol. The number of H-pyrrole nitrogens is 1. The van der Waals surface area contributed by atoms with Crippen molar-refractivity contribution in [2.75, 3.05) is 13.2 Å². The van der Waals surface area contributed by atoms with Crippen LogP contribution in [-0.4, -0.2) is 33.9 Å². The molecule has 1 N–H and O–H groups in total. The minimum Gasteiger partial charge on any atom is -0.478 e. The molecule has 0 fully saturated rings. The molecule has 3 heterocycles. The molecule has 2 aromatic heterocycles. The molecule has 5 nitrogen and oxygen atoms in total. The fraction of sp³-hybridized carbons (Fsp3) is 0.263. The van der Waals surface area contributed by atoms with Crippen LogP contribution in [0.15, 0.2) is 42.6 Å². The molecule has 1 amide bonds. The highest BCUT2D eigenvalue weighted by Gasteiger charge is 2.24. The average Bonchev–Trinajstić information content (AvgIpc) is 3.09. The molecule has 0 saturated carbocycles. The lowest BCUT2D eigenvalue weighted by molar-refractivity contribution is 0.0735. The summed E-state index contributed by atoms with van der Waals surface area (Å²) in [5.74, 6) is 0.729. The molecule has 0 bridgehead atoms. The van der Waals surface area contributed by atoms with Crippen molar-refractivity contribution < 1.29 is 9.53 Å². The Balaban J connectivity index is 1.60. The fourth-order valence-electron chi connectivity index (χ4n) is 3.24. The van der Waals surface area contributed by atoms with Crippen LogP contribution >= 0.6 is 0 Å². The van der Waals surface area contributed by atoms with E-state index in [0.29, 0.717) is 25.6 Å². The smallest absolute Gasteiger partial charge is 0.254 e. The molecule has 0 atom stereocenters. The number of carbonyl (C=O) groups excluding carboxylic acids is 1. The lowest BCUT2D eigenvalue weighted by Gasteiger charge is -2.28. The number of pyridine rings is 1. The highest BCUT2D eigenvalue weighted by molar-refractivity contribution is 6.06. The first-order chi connectivity index (χ1) is 11.8. The molecule has 5 heteroatoms. The third-order valence-corrected chi connectivity index (χ3v) is 4.43. The number of hydrogen-bond donors (Lipinski definition) is 1. The Bertz CT molecular complexity index is 901. The van der Waals surface area contributed by atoms with Gasteiger partial charge in [-0.15, -0.1) is 0 Å². The zero-order chi connectivity index (χ0) is 16.5. The number of aromatic amines is 1. The van der Waals surface area contributed by atoms with Gasteiger partial charge in [-0.25, -0.2) is 4.98 Å². The first kappa shape index (κ1) is 14.8. The van der Waals surface area contributed by atoms with Crippen LogP contribution in [0.4, 0.5) is 0 Å². The lowest BCUT2D eigenvalue weighted by atomic mass is 10.0. The molecule has 1 aliphatic rings. The van der Waals surface area contributed by atoms with Crippen molar-refractivity contribution in [2.45, 2.75) is 19.9 Å². The molecule has 0 saturated heterocycles. The zero-order valence-electron chi connectivity index (χ0n) is 13.6. The second-order valence-corrected chi connectivity index (χ2v) is 5.91. The quantitative estimate of drug-likeness (QED) is 0.806. The molecule has 3 aromatic rings. The topological polar surface area (TPSA) is 58.2 Å². The van der Waals surface area contributed by atoms with Crippen molar-refractivity contribution in [3.8, 4) is 5.88 Å². The molecule has 0 aliphatic carbocycles. The lowest BCUT2D eigenvalue weighted by Crippen LogP contribution is -2.36. The number of amides is 1. The van der Waals surface area contributed by atoms with E-state index in [2.05, 4.69) is 9.97 Å². The van der Waals surface area contributed by atoms with E-state index >= 15 is 0 Å². The van der Waals surface area contributed by atoms with Gasteiger partial charge in [0, 0.05) is 48.2 Å². The number of hydrogen-bond acceptors (Lipinski definition) is 3. The maximum atomic E-state index is 13.0. The maximum absolute atomic E-state index is 13.0. The van der Waals surface area contributed by atoms with Gasteiger partial charge in [0.1, 0.15) is 0 Å². The zero-order valence-corrected chi connectivity index (χ0v) is 13.6. The van der Waals surface area contributed by atoms with E-state index in [9.17, 15) is 4.79 Å². The van der Waals surface area contributed by atoms with Crippen molar-refractivity contribution in [2.24, 2.45) is 0 Å². The standard InChI is InChI=1S/C19H19N3O2/c1-2-24-18-7-6-13-12-22(11-9-16(13)21-18)19(23)15-4-3-5-17-14(15)8-10-20-17/h3-8,10,20H,2,9,11-12H2,1H3. The molecule has 24 heavy (non-hydrogen) atoms. The number of nitrogens with one attached hydrogen (secondary N) is 1. The van der Waals surface area contributed by atoms with E-state index in [1.54, 1.807) is 0 Å². The van der Waals surface area contributed by atoms with E-state index in [0.717, 1.165) is 34.1 Å². The highest BCUT2D eigenvalue weighted by atomic mass is 16.5. The minimum absolute atomic E-state index is 0.0692. The summed E-state index contributed by atoms with van der Waals surface area (Å²) >= 11 is 0. The van der Waals surface area contributed by atoms with Gasteiger partial charge in [-0.1, -0.05) is 12.1 Å². The molecule has 0 radical (unpaired) electrons. The first-order valence-corrected chi connectivity index (χ1v) is 8.23. The second-order valence-electron chi connectivity index (χ2n) is 5.91. The van der Waals surface area contributed by atoms with Gasteiger partial charge >= 0.3 is 0 Å². The number of rotatable bonds is 3. The summed E-state index contributed by atoms with van der Waals surface area (Å²) in [4.78, 5) is 22.6. The van der Waals surface area contributed by atoms with Crippen LogP contribution in [-0.2, 0) is 13.0 Å². The van der Waals surface area contributed by atoms with E-state index in [1.807, 2.05) is 54.4 Å². The third kappa shape index (κ3) is 2.52. The van der Waals surface area contributed by atoms with Gasteiger partial charge in [0.05, 0.1) is 12.3 Å². The minimum atomic E-state index is 0.0692. The summed E-state index contributed by atoms with van der Waals surface area (Å²) in [6, 6.07) is 11.6. The fourth-order valence-corrected chi connectivity index (χ4v) is 3.24. The second kappa shape index (κ2) is 6.00. The predicted molar refractivity (Wildman–Crippen MR) is 92.1 cm³/mol. The first-order valence-electron chi connectivity index (χ1n) is 8.23. The Morgan fingerprint density at radius 1 is 1.29 bits per heavy atom. The number of aromatic nitrogens is 2. The Labute approximate surface area is 140 Å². The van der Waals surface area contributed by atoms with Gasteiger partial charge in [-0.05, 0) is 30.7 Å². The summed E-state index contributed by atoms with van der Waals surface area (Å²) in [6.45, 7) is 3.82. The van der Waals surface area contributed by atoms with Gasteiger partial charge in [-0.2, -0.15) is 0 Å². The number of ether oxygens (including phenoxy) is 1. The van der Waals surface area contributed by atoms with Gasteiger partial charge in [0.25, 0.3) is 5.91 Å². The van der Waals surface area contributed by atoms with Crippen molar-refractivity contribution in [1.29, 1.82) is 0 Å².